The van der Waals surface area contributed by atoms with Gasteiger partial charge in [-0.1, -0.05) is 23.7 Å². The van der Waals surface area contributed by atoms with Gasteiger partial charge in [-0.25, -0.2) is 8.42 Å². The molecule has 3 nitrogen and oxygen atoms in total. The lowest BCUT2D eigenvalue weighted by Crippen LogP contribution is -2.31. The molecule has 1 atom stereocenters. The van der Waals surface area contributed by atoms with Crippen molar-refractivity contribution >= 4 is 21.4 Å². The van der Waals surface area contributed by atoms with E-state index >= 15 is 0 Å². The molecule has 1 aliphatic heterocycles. The Morgan fingerprint density at radius 3 is 2.67 bits per heavy atom. The van der Waals surface area contributed by atoms with Gasteiger partial charge in [0.25, 0.3) is 0 Å². The smallest absolute Gasteiger partial charge is 0.195 e. The second-order valence-corrected chi connectivity index (χ2v) is 6.07. The molecule has 1 aromatic carbocycles. The normalized spacial score (nSPS) is 21.8. The van der Waals surface area contributed by atoms with Gasteiger partial charge in [0.15, 0.2) is 9.84 Å². The lowest BCUT2D eigenvalue weighted by Gasteiger charge is -2.12. The SMILES string of the molecule is O=S(=O)(c1ccccc1Cl)C1CCCN1. The van der Waals surface area contributed by atoms with Gasteiger partial charge in [-0.3, -0.25) is 0 Å². The van der Waals surface area contributed by atoms with Crippen LogP contribution in [0.4, 0.5) is 0 Å². The Labute approximate surface area is 94.4 Å². The molecule has 0 radical (unpaired) electrons. The van der Waals surface area contributed by atoms with E-state index in [1.807, 2.05) is 0 Å². The van der Waals surface area contributed by atoms with Crippen LogP contribution in [0.1, 0.15) is 12.8 Å². The van der Waals surface area contributed by atoms with Gasteiger partial charge in [0.05, 0.1) is 9.92 Å². The highest BCUT2D eigenvalue weighted by Crippen LogP contribution is 2.26. The molecule has 82 valence electrons. The third-order valence-corrected chi connectivity index (χ3v) is 5.10. The first-order valence-corrected chi connectivity index (χ1v) is 6.76. The number of hydrogen-bond acceptors (Lipinski definition) is 3. The van der Waals surface area contributed by atoms with Gasteiger partial charge in [0.2, 0.25) is 0 Å². The zero-order valence-electron chi connectivity index (χ0n) is 8.11. The number of nitrogens with one attached hydrogen (secondary N) is 1. The van der Waals surface area contributed by atoms with E-state index in [9.17, 15) is 8.42 Å². The third-order valence-electron chi connectivity index (χ3n) is 2.53. The van der Waals surface area contributed by atoms with Crippen molar-refractivity contribution in [1.29, 1.82) is 0 Å². The van der Waals surface area contributed by atoms with E-state index in [-0.39, 0.29) is 4.90 Å². The first-order valence-electron chi connectivity index (χ1n) is 4.84. The van der Waals surface area contributed by atoms with E-state index in [1.54, 1.807) is 24.3 Å². The molecule has 0 saturated carbocycles. The first kappa shape index (κ1) is 10.9. The highest BCUT2D eigenvalue weighted by molar-refractivity contribution is 7.92. The van der Waals surface area contributed by atoms with Crippen LogP contribution in [0.15, 0.2) is 29.2 Å². The van der Waals surface area contributed by atoms with Crippen molar-refractivity contribution in [3.05, 3.63) is 29.3 Å². The van der Waals surface area contributed by atoms with Crippen LogP contribution in [-0.2, 0) is 9.84 Å². The maximum absolute atomic E-state index is 12.1. The average molecular weight is 246 g/mol. The van der Waals surface area contributed by atoms with Crippen molar-refractivity contribution in [2.75, 3.05) is 6.54 Å². The molecule has 15 heavy (non-hydrogen) atoms. The lowest BCUT2D eigenvalue weighted by molar-refractivity contribution is 0.571. The van der Waals surface area contributed by atoms with E-state index in [0.717, 1.165) is 13.0 Å². The zero-order valence-corrected chi connectivity index (χ0v) is 9.68. The van der Waals surface area contributed by atoms with Crippen LogP contribution in [0.5, 0.6) is 0 Å². The number of hydrogen-bond donors (Lipinski definition) is 1. The van der Waals surface area contributed by atoms with Crippen molar-refractivity contribution in [3.63, 3.8) is 0 Å². The second-order valence-electron chi connectivity index (χ2n) is 3.56. The molecule has 1 aromatic rings. The van der Waals surface area contributed by atoms with E-state index in [1.165, 1.54) is 0 Å². The molecular formula is C10H12ClNO2S. The summed E-state index contributed by atoms with van der Waals surface area (Å²) in [5.41, 5.74) is 0. The summed E-state index contributed by atoms with van der Waals surface area (Å²) in [5, 5.41) is 2.80. The summed E-state index contributed by atoms with van der Waals surface area (Å²) in [4.78, 5) is 0.228. The van der Waals surface area contributed by atoms with Crippen LogP contribution in [0, 0.1) is 0 Å². The van der Waals surface area contributed by atoms with Crippen LogP contribution in [0.3, 0.4) is 0 Å². The summed E-state index contributed by atoms with van der Waals surface area (Å²) in [6.07, 6.45) is 1.56. The average Bonchev–Trinajstić information content (AvgIpc) is 2.71. The number of rotatable bonds is 2. The minimum Gasteiger partial charge on any atom is -0.301 e. The largest absolute Gasteiger partial charge is 0.301 e. The summed E-state index contributed by atoms with van der Waals surface area (Å²) >= 11 is 5.88. The Balaban J connectivity index is 2.41. The second kappa shape index (κ2) is 4.12. The predicted molar refractivity (Wildman–Crippen MR) is 59.7 cm³/mol. The quantitative estimate of drug-likeness (QED) is 0.865. The molecule has 1 saturated heterocycles. The molecule has 0 bridgehead atoms. The van der Waals surface area contributed by atoms with Gasteiger partial charge in [-0.15, -0.1) is 0 Å². The third kappa shape index (κ3) is 2.02. The lowest BCUT2D eigenvalue weighted by atomic mass is 10.4. The molecule has 1 fully saturated rings. The molecule has 5 heteroatoms. The predicted octanol–water partition coefficient (Wildman–Crippen LogP) is 1.82. The summed E-state index contributed by atoms with van der Waals surface area (Å²) in [6.45, 7) is 0.758. The fraction of sp³-hybridized carbons (Fsp3) is 0.400. The summed E-state index contributed by atoms with van der Waals surface area (Å²) in [7, 11) is -3.31. The minimum atomic E-state index is -3.31. The van der Waals surface area contributed by atoms with Gasteiger partial charge in [-0.05, 0) is 31.5 Å². The van der Waals surface area contributed by atoms with Crippen LogP contribution in [0.2, 0.25) is 5.02 Å². The molecule has 1 heterocycles. The van der Waals surface area contributed by atoms with Crippen LogP contribution in [0.25, 0.3) is 0 Å². The Morgan fingerprint density at radius 1 is 1.33 bits per heavy atom. The fourth-order valence-corrected chi connectivity index (χ4v) is 3.93. The van der Waals surface area contributed by atoms with E-state index in [0.29, 0.717) is 11.4 Å². The standard InChI is InChI=1S/C10H12ClNO2S/c11-8-4-1-2-5-9(8)15(13,14)10-6-3-7-12-10/h1-2,4-5,10,12H,3,6-7H2. The van der Waals surface area contributed by atoms with E-state index < -0.39 is 15.2 Å². The van der Waals surface area contributed by atoms with Crippen molar-refractivity contribution in [3.8, 4) is 0 Å². The summed E-state index contributed by atoms with van der Waals surface area (Å²) in [5.74, 6) is 0. The number of benzene rings is 1. The zero-order chi connectivity index (χ0) is 10.9. The molecule has 0 spiro atoms. The van der Waals surface area contributed by atoms with Crippen molar-refractivity contribution in [2.45, 2.75) is 23.1 Å². The monoisotopic (exact) mass is 245 g/mol. The molecule has 2 rings (SSSR count). The van der Waals surface area contributed by atoms with E-state index in [4.69, 9.17) is 11.6 Å². The molecular weight excluding hydrogens is 234 g/mol. The van der Waals surface area contributed by atoms with Gasteiger partial charge in [0.1, 0.15) is 5.37 Å². The van der Waals surface area contributed by atoms with E-state index in [2.05, 4.69) is 5.32 Å². The molecule has 1 aliphatic rings. The number of sulfone groups is 1. The van der Waals surface area contributed by atoms with Crippen molar-refractivity contribution in [1.82, 2.24) is 5.32 Å². The van der Waals surface area contributed by atoms with Gasteiger partial charge >= 0.3 is 0 Å². The highest BCUT2D eigenvalue weighted by atomic mass is 35.5. The van der Waals surface area contributed by atoms with Crippen LogP contribution < -0.4 is 5.32 Å². The first-order chi connectivity index (χ1) is 7.12. The fourth-order valence-electron chi connectivity index (χ4n) is 1.75. The topological polar surface area (TPSA) is 46.2 Å². The van der Waals surface area contributed by atoms with Crippen LogP contribution in [-0.4, -0.2) is 20.3 Å². The molecule has 0 aromatic heterocycles. The minimum absolute atomic E-state index is 0.228. The molecule has 1 unspecified atom stereocenters. The highest BCUT2D eigenvalue weighted by Gasteiger charge is 2.31. The Bertz CT molecular complexity index is 452. The number of halogens is 1. The van der Waals surface area contributed by atoms with Crippen molar-refractivity contribution in [2.24, 2.45) is 0 Å². The van der Waals surface area contributed by atoms with Crippen LogP contribution >= 0.6 is 11.6 Å². The van der Waals surface area contributed by atoms with Crippen molar-refractivity contribution < 1.29 is 8.42 Å². The maximum atomic E-state index is 12.1. The summed E-state index contributed by atoms with van der Waals surface area (Å²) in [6, 6.07) is 6.57. The Hall–Kier alpha value is -0.580. The van der Waals surface area contributed by atoms with Gasteiger partial charge < -0.3 is 5.32 Å². The molecule has 1 N–H and O–H groups in total. The summed E-state index contributed by atoms with van der Waals surface area (Å²) < 4.78 is 24.2. The molecule has 0 aliphatic carbocycles. The molecule has 0 amide bonds. The Kier molecular flexibility index (Phi) is 3.00. The van der Waals surface area contributed by atoms with Gasteiger partial charge in [0, 0.05) is 0 Å². The van der Waals surface area contributed by atoms with Gasteiger partial charge in [-0.2, -0.15) is 0 Å². The maximum Gasteiger partial charge on any atom is 0.195 e. The Morgan fingerprint density at radius 2 is 2.07 bits per heavy atom.